The molecule has 0 bridgehead atoms. The Morgan fingerprint density at radius 2 is 2.04 bits per heavy atom. The first-order valence-electron chi connectivity index (χ1n) is 8.07. The van der Waals surface area contributed by atoms with Crippen LogP contribution in [0.4, 0.5) is 5.82 Å². The molecule has 8 nitrogen and oxygen atoms in total. The van der Waals surface area contributed by atoms with Gasteiger partial charge in [-0.3, -0.25) is 9.59 Å². The second-order valence-electron chi connectivity index (χ2n) is 5.82. The predicted molar refractivity (Wildman–Crippen MR) is 101 cm³/mol. The van der Waals surface area contributed by atoms with Crippen LogP contribution in [0.25, 0.3) is 10.9 Å². The highest BCUT2D eigenvalue weighted by Gasteiger charge is 2.12. The minimum Gasteiger partial charge on any atom is -0.393 e. The van der Waals surface area contributed by atoms with E-state index in [2.05, 4.69) is 20.6 Å². The number of hydrogen-bond acceptors (Lipinski definition) is 5. The number of aliphatic hydroxyl groups excluding tert-OH is 2. The molecule has 1 atom stereocenters. The van der Waals surface area contributed by atoms with Crippen LogP contribution in [-0.2, 0) is 4.79 Å². The van der Waals surface area contributed by atoms with Gasteiger partial charge >= 0.3 is 0 Å². The second-order valence-corrected chi connectivity index (χ2v) is 6.26. The molecule has 1 unspecified atom stereocenters. The summed E-state index contributed by atoms with van der Waals surface area (Å²) in [4.78, 5) is 31.1. The number of halogens is 1. The number of pyridine rings is 1. The van der Waals surface area contributed by atoms with Crippen LogP contribution >= 0.6 is 11.6 Å². The fourth-order valence-electron chi connectivity index (χ4n) is 2.45. The lowest BCUT2D eigenvalue weighted by Gasteiger charge is -2.09. The van der Waals surface area contributed by atoms with E-state index in [0.717, 1.165) is 10.9 Å². The Bertz CT molecular complexity index is 971. The molecule has 9 heteroatoms. The van der Waals surface area contributed by atoms with E-state index in [4.69, 9.17) is 16.7 Å². The summed E-state index contributed by atoms with van der Waals surface area (Å²) in [5, 5.41) is 24.8. The third-order valence-electron chi connectivity index (χ3n) is 3.85. The van der Waals surface area contributed by atoms with Crippen molar-refractivity contribution < 1.29 is 19.8 Å². The van der Waals surface area contributed by atoms with Crippen molar-refractivity contribution >= 4 is 40.1 Å². The molecule has 5 N–H and O–H groups in total. The number of hydrogen-bond donors (Lipinski definition) is 5. The molecule has 0 aliphatic heterocycles. The Labute approximate surface area is 159 Å². The zero-order chi connectivity index (χ0) is 19.4. The van der Waals surface area contributed by atoms with Crippen LogP contribution < -0.4 is 10.6 Å². The van der Waals surface area contributed by atoms with Gasteiger partial charge in [-0.05, 0) is 30.3 Å². The number of anilines is 1. The van der Waals surface area contributed by atoms with Gasteiger partial charge in [0.05, 0.1) is 13.2 Å². The number of rotatable bonds is 6. The standard InChI is InChI=1S/C18H17ClN4O4/c19-12-2-3-13-11(5-12)6-14(22-13)18(27)21-8-17(26)23-16-4-1-10(7-20-16)15(25)9-24/h1-7,15,22,24-25H,8-9H2,(H,21,27)(H,20,23,26). The number of nitrogens with zero attached hydrogens (tertiary/aromatic N) is 1. The van der Waals surface area contributed by atoms with Crippen molar-refractivity contribution in [3.05, 3.63) is 58.9 Å². The van der Waals surface area contributed by atoms with Gasteiger partial charge in [-0.1, -0.05) is 17.7 Å². The molecule has 1 aromatic carbocycles. The zero-order valence-electron chi connectivity index (χ0n) is 14.1. The van der Waals surface area contributed by atoms with E-state index in [1.165, 1.54) is 18.3 Å². The number of benzene rings is 1. The first kappa shape index (κ1) is 18.8. The number of fused-ring (bicyclic) bond motifs is 1. The van der Waals surface area contributed by atoms with Crippen LogP contribution in [0.2, 0.25) is 5.02 Å². The lowest BCUT2D eigenvalue weighted by molar-refractivity contribution is -0.115. The first-order chi connectivity index (χ1) is 13.0. The Hall–Kier alpha value is -2.94. The number of amides is 2. The number of carbonyl (C=O) groups excluding carboxylic acids is 2. The Kier molecular flexibility index (Phi) is 5.70. The van der Waals surface area contributed by atoms with Gasteiger partial charge in [0.1, 0.15) is 17.6 Å². The Morgan fingerprint density at radius 3 is 2.74 bits per heavy atom. The Balaban J connectivity index is 1.55. The summed E-state index contributed by atoms with van der Waals surface area (Å²) in [5.74, 6) is -0.610. The van der Waals surface area contributed by atoms with Crippen LogP contribution in [0.15, 0.2) is 42.6 Å². The molecule has 0 radical (unpaired) electrons. The van der Waals surface area contributed by atoms with Gasteiger partial charge in [-0.2, -0.15) is 0 Å². The summed E-state index contributed by atoms with van der Waals surface area (Å²) in [6.07, 6.45) is 0.331. The zero-order valence-corrected chi connectivity index (χ0v) is 14.8. The summed E-state index contributed by atoms with van der Waals surface area (Å²) in [7, 11) is 0. The van der Waals surface area contributed by atoms with Gasteiger partial charge < -0.3 is 25.8 Å². The normalized spacial score (nSPS) is 12.0. The van der Waals surface area contributed by atoms with Crippen LogP contribution in [0.3, 0.4) is 0 Å². The van der Waals surface area contributed by atoms with Gasteiger partial charge in [-0.25, -0.2) is 4.98 Å². The lowest BCUT2D eigenvalue weighted by Crippen LogP contribution is -2.33. The molecule has 3 aromatic rings. The fourth-order valence-corrected chi connectivity index (χ4v) is 2.63. The van der Waals surface area contributed by atoms with Crippen molar-refractivity contribution in [3.63, 3.8) is 0 Å². The molecule has 3 rings (SSSR count). The minimum atomic E-state index is -1.02. The average molecular weight is 389 g/mol. The minimum absolute atomic E-state index is 0.238. The van der Waals surface area contributed by atoms with Crippen molar-refractivity contribution in [2.75, 3.05) is 18.5 Å². The van der Waals surface area contributed by atoms with Crippen LogP contribution in [0.1, 0.15) is 22.2 Å². The molecular formula is C18H17ClN4O4. The third kappa shape index (κ3) is 4.62. The highest BCUT2D eigenvalue weighted by Crippen LogP contribution is 2.20. The van der Waals surface area contributed by atoms with E-state index in [1.807, 2.05) is 0 Å². The SMILES string of the molecule is O=C(CNC(=O)c1cc2cc(Cl)ccc2[nH]1)Nc1ccc(C(O)CO)cn1. The molecule has 0 spiro atoms. The molecule has 2 heterocycles. The van der Waals surface area contributed by atoms with E-state index in [0.29, 0.717) is 16.3 Å². The van der Waals surface area contributed by atoms with E-state index < -0.39 is 24.5 Å². The number of H-pyrrole nitrogens is 1. The van der Waals surface area contributed by atoms with E-state index >= 15 is 0 Å². The van der Waals surface area contributed by atoms with Gasteiger partial charge in [-0.15, -0.1) is 0 Å². The van der Waals surface area contributed by atoms with Crippen LogP contribution in [0, 0.1) is 0 Å². The van der Waals surface area contributed by atoms with Gasteiger partial charge in [0.15, 0.2) is 0 Å². The number of aromatic amines is 1. The first-order valence-corrected chi connectivity index (χ1v) is 8.45. The average Bonchev–Trinajstić information content (AvgIpc) is 3.09. The highest BCUT2D eigenvalue weighted by atomic mass is 35.5. The topological polar surface area (TPSA) is 127 Å². The van der Waals surface area contributed by atoms with Crippen LogP contribution in [-0.4, -0.2) is 45.1 Å². The monoisotopic (exact) mass is 388 g/mol. The molecule has 140 valence electrons. The van der Waals surface area contributed by atoms with Crippen LogP contribution in [0.5, 0.6) is 0 Å². The highest BCUT2D eigenvalue weighted by molar-refractivity contribution is 6.31. The molecule has 0 fully saturated rings. The maximum absolute atomic E-state index is 12.2. The molecule has 2 aromatic heterocycles. The van der Waals surface area contributed by atoms with Crippen molar-refractivity contribution in [3.8, 4) is 0 Å². The third-order valence-corrected chi connectivity index (χ3v) is 4.08. The summed E-state index contributed by atoms with van der Waals surface area (Å²) >= 11 is 5.92. The van der Waals surface area contributed by atoms with Gasteiger partial charge in [0.2, 0.25) is 5.91 Å². The summed E-state index contributed by atoms with van der Waals surface area (Å²) in [6.45, 7) is -0.656. The van der Waals surface area contributed by atoms with Crippen molar-refractivity contribution in [1.82, 2.24) is 15.3 Å². The molecule has 0 aliphatic carbocycles. The van der Waals surface area contributed by atoms with Gasteiger partial charge in [0.25, 0.3) is 5.91 Å². The summed E-state index contributed by atoms with van der Waals surface area (Å²) in [5.41, 5.74) is 1.52. The second kappa shape index (κ2) is 8.17. The Morgan fingerprint density at radius 1 is 1.22 bits per heavy atom. The van der Waals surface area contributed by atoms with Crippen molar-refractivity contribution in [2.24, 2.45) is 0 Å². The van der Waals surface area contributed by atoms with Crippen molar-refractivity contribution in [1.29, 1.82) is 0 Å². The van der Waals surface area contributed by atoms with Crippen molar-refractivity contribution in [2.45, 2.75) is 6.10 Å². The number of carbonyl (C=O) groups is 2. The molecule has 2 amide bonds. The lowest BCUT2D eigenvalue weighted by atomic mass is 10.2. The van der Waals surface area contributed by atoms with E-state index in [9.17, 15) is 14.7 Å². The maximum Gasteiger partial charge on any atom is 0.268 e. The van der Waals surface area contributed by atoms with Gasteiger partial charge in [0, 0.05) is 27.7 Å². The largest absolute Gasteiger partial charge is 0.393 e. The molecule has 0 saturated carbocycles. The quantitative estimate of drug-likeness (QED) is 0.438. The van der Waals surface area contributed by atoms with E-state index in [1.54, 1.807) is 24.3 Å². The number of aliphatic hydroxyl groups is 2. The maximum atomic E-state index is 12.2. The smallest absolute Gasteiger partial charge is 0.268 e. The molecular weight excluding hydrogens is 372 g/mol. The fraction of sp³-hybridized carbons (Fsp3) is 0.167. The molecule has 27 heavy (non-hydrogen) atoms. The summed E-state index contributed by atoms with van der Waals surface area (Å²) < 4.78 is 0. The molecule has 0 aliphatic rings. The molecule has 0 saturated heterocycles. The van der Waals surface area contributed by atoms with E-state index in [-0.39, 0.29) is 12.4 Å². The number of aromatic nitrogens is 2. The predicted octanol–water partition coefficient (Wildman–Crippen LogP) is 1.61. The number of nitrogens with one attached hydrogen (secondary N) is 3. The summed E-state index contributed by atoms with van der Waals surface area (Å²) in [6, 6.07) is 9.91.